The molecule has 0 aliphatic heterocycles. The van der Waals surface area contributed by atoms with Crippen LogP contribution < -0.4 is 28.3 Å². The van der Waals surface area contributed by atoms with Gasteiger partial charge in [0.1, 0.15) is 23.0 Å². The Hall–Kier alpha value is -4.32. The Labute approximate surface area is 296 Å². The van der Waals surface area contributed by atoms with Crippen molar-refractivity contribution in [2.24, 2.45) is 0 Å². The van der Waals surface area contributed by atoms with Crippen LogP contribution in [0.25, 0.3) is 0 Å². The fraction of sp³-hybridized carbons (Fsp3) is 0.250. The van der Waals surface area contributed by atoms with Crippen molar-refractivity contribution in [3.05, 3.63) is 153 Å². The topological polar surface area (TPSA) is 95.1 Å². The normalized spacial score (nSPS) is 11.7. The summed E-state index contributed by atoms with van der Waals surface area (Å²) in [6.07, 6.45) is 0. The molecule has 0 bridgehead atoms. The van der Waals surface area contributed by atoms with Gasteiger partial charge in [-0.05, 0) is 113 Å². The Bertz CT molecular complexity index is 1820. The van der Waals surface area contributed by atoms with Gasteiger partial charge in [-0.2, -0.15) is 10.2 Å². The van der Waals surface area contributed by atoms with Crippen LogP contribution in [0.15, 0.2) is 97.1 Å². The van der Waals surface area contributed by atoms with Crippen molar-refractivity contribution >= 4 is 15.5 Å². The van der Waals surface area contributed by atoms with Crippen molar-refractivity contribution in [3.8, 4) is 23.0 Å². The summed E-state index contributed by atoms with van der Waals surface area (Å²) in [5.74, 6) is 1.92. The number of aryl methyl sites for hydroxylation is 8. The Morgan fingerprint density at radius 1 is 0.400 bits per heavy atom. The highest BCUT2D eigenvalue weighted by atomic mass is 31.2. The van der Waals surface area contributed by atoms with Crippen LogP contribution in [0.1, 0.15) is 55.6 Å². The van der Waals surface area contributed by atoms with E-state index in [2.05, 4.69) is 10.2 Å². The third-order valence-electron chi connectivity index (χ3n) is 8.17. The number of hydrogen-bond acceptors (Lipinski definition) is 6. The molecule has 0 radical (unpaired) electrons. The third kappa shape index (κ3) is 9.89. The molecular formula is C40H46N2O6P2. The van der Waals surface area contributed by atoms with E-state index < -0.39 is 15.5 Å². The fourth-order valence-electron chi connectivity index (χ4n) is 5.44. The SMILES string of the molecule is Cc1ccc(OP(=O)(NCc2ccc(CNP(=O)(Oc3ccc(C)cc3C)Oc3ccc(C)cc3C)cc2)Oc2ccc(C)cc2C)c(C)c1. The standard InChI is InChI=1S/C40H46N2O6P2/c1-27-9-17-37(31(5)21-27)45-49(43,46-38-18-10-28(2)22-32(38)6)41-25-35-13-15-36(16-14-35)26-42-50(44,47-39-19-11-29(3)23-33(39)7)48-40-20-12-30(4)24-34(40)8/h9-24H,25-26H2,1-8H3,(H,41,43)(H,42,44). The monoisotopic (exact) mass is 712 g/mol. The summed E-state index contributed by atoms with van der Waals surface area (Å²) < 4.78 is 52.8. The lowest BCUT2D eigenvalue weighted by molar-refractivity contribution is 0.366. The van der Waals surface area contributed by atoms with Gasteiger partial charge in [0.15, 0.2) is 0 Å². The molecule has 0 aromatic heterocycles. The van der Waals surface area contributed by atoms with Crippen molar-refractivity contribution in [3.63, 3.8) is 0 Å². The van der Waals surface area contributed by atoms with Gasteiger partial charge >= 0.3 is 15.5 Å². The second kappa shape index (κ2) is 15.7. The summed E-state index contributed by atoms with van der Waals surface area (Å²) in [7, 11) is -7.75. The molecule has 50 heavy (non-hydrogen) atoms. The minimum absolute atomic E-state index is 0.213. The summed E-state index contributed by atoms with van der Waals surface area (Å²) in [5, 5.41) is 6.11. The summed E-state index contributed by atoms with van der Waals surface area (Å²) in [5.41, 5.74) is 9.43. The molecule has 2 N–H and O–H groups in total. The Morgan fingerprint density at radius 3 is 0.860 bits per heavy atom. The maximum Gasteiger partial charge on any atom is 0.513 e. The molecule has 0 aliphatic rings. The van der Waals surface area contributed by atoms with Crippen LogP contribution in [0, 0.1) is 55.4 Å². The highest BCUT2D eigenvalue weighted by Crippen LogP contribution is 2.48. The van der Waals surface area contributed by atoms with Crippen LogP contribution in [0.2, 0.25) is 0 Å². The van der Waals surface area contributed by atoms with E-state index in [1.54, 1.807) is 24.3 Å². The third-order valence-corrected chi connectivity index (χ3v) is 11.0. The summed E-state index contributed by atoms with van der Waals surface area (Å²) in [4.78, 5) is 0. The molecular weight excluding hydrogens is 666 g/mol. The van der Waals surface area contributed by atoms with E-state index in [4.69, 9.17) is 18.1 Å². The maximum atomic E-state index is 14.2. The van der Waals surface area contributed by atoms with Crippen molar-refractivity contribution in [2.75, 3.05) is 0 Å². The summed E-state index contributed by atoms with van der Waals surface area (Å²) in [6.45, 7) is 16.1. The van der Waals surface area contributed by atoms with Gasteiger partial charge in [0.2, 0.25) is 0 Å². The molecule has 0 unspecified atom stereocenters. The van der Waals surface area contributed by atoms with E-state index in [9.17, 15) is 9.13 Å². The molecule has 0 heterocycles. The first-order valence-electron chi connectivity index (χ1n) is 16.5. The van der Waals surface area contributed by atoms with E-state index in [1.165, 1.54) is 0 Å². The van der Waals surface area contributed by atoms with E-state index in [-0.39, 0.29) is 13.1 Å². The molecule has 8 nitrogen and oxygen atoms in total. The maximum absolute atomic E-state index is 14.2. The predicted molar refractivity (Wildman–Crippen MR) is 202 cm³/mol. The van der Waals surface area contributed by atoms with Crippen molar-refractivity contribution in [2.45, 2.75) is 68.5 Å². The average Bonchev–Trinajstić information content (AvgIpc) is 3.05. The predicted octanol–water partition coefficient (Wildman–Crippen LogP) is 10.9. The number of rotatable bonds is 14. The van der Waals surface area contributed by atoms with Crippen LogP contribution >= 0.6 is 15.5 Å². The van der Waals surface area contributed by atoms with Gasteiger partial charge in [-0.3, -0.25) is 0 Å². The Balaban J connectivity index is 1.31. The minimum atomic E-state index is -3.87. The molecule has 0 fully saturated rings. The van der Waals surface area contributed by atoms with E-state index in [1.807, 2.05) is 128 Å². The van der Waals surface area contributed by atoms with Crippen LogP contribution in [0.3, 0.4) is 0 Å². The zero-order valence-electron chi connectivity index (χ0n) is 30.0. The second-order valence-electron chi connectivity index (χ2n) is 12.9. The first-order chi connectivity index (χ1) is 23.7. The smallest absolute Gasteiger partial charge is 0.404 e. The first-order valence-corrected chi connectivity index (χ1v) is 19.6. The van der Waals surface area contributed by atoms with Gasteiger partial charge in [-0.25, -0.2) is 9.13 Å². The Morgan fingerprint density at radius 2 is 0.640 bits per heavy atom. The second-order valence-corrected chi connectivity index (χ2v) is 16.3. The van der Waals surface area contributed by atoms with Gasteiger partial charge in [0, 0.05) is 13.1 Å². The summed E-state index contributed by atoms with van der Waals surface area (Å²) >= 11 is 0. The lowest BCUT2D eigenvalue weighted by atomic mass is 10.1. The van der Waals surface area contributed by atoms with Gasteiger partial charge in [-0.15, -0.1) is 0 Å². The molecule has 0 saturated heterocycles. The van der Waals surface area contributed by atoms with E-state index in [0.29, 0.717) is 23.0 Å². The molecule has 0 aliphatic carbocycles. The van der Waals surface area contributed by atoms with Gasteiger partial charge in [0.05, 0.1) is 0 Å². The first kappa shape index (κ1) is 36.9. The molecule has 0 amide bonds. The molecule has 5 aromatic rings. The van der Waals surface area contributed by atoms with Gasteiger partial charge in [0.25, 0.3) is 0 Å². The highest BCUT2D eigenvalue weighted by Gasteiger charge is 2.31. The highest BCUT2D eigenvalue weighted by molar-refractivity contribution is 7.52. The lowest BCUT2D eigenvalue weighted by Crippen LogP contribution is -2.20. The van der Waals surface area contributed by atoms with E-state index >= 15 is 0 Å². The van der Waals surface area contributed by atoms with Crippen molar-refractivity contribution in [1.29, 1.82) is 0 Å². The molecule has 0 saturated carbocycles. The van der Waals surface area contributed by atoms with E-state index in [0.717, 1.165) is 55.6 Å². The van der Waals surface area contributed by atoms with Crippen LogP contribution in [0.5, 0.6) is 23.0 Å². The van der Waals surface area contributed by atoms with Gasteiger partial charge in [-0.1, -0.05) is 95.1 Å². The molecule has 10 heteroatoms. The number of hydrogen-bond donors (Lipinski definition) is 2. The van der Waals surface area contributed by atoms with Crippen molar-refractivity contribution in [1.82, 2.24) is 10.2 Å². The lowest BCUT2D eigenvalue weighted by Gasteiger charge is -2.23. The quantitative estimate of drug-likeness (QED) is 0.110. The zero-order valence-corrected chi connectivity index (χ0v) is 31.8. The van der Waals surface area contributed by atoms with Crippen LogP contribution in [-0.4, -0.2) is 0 Å². The largest absolute Gasteiger partial charge is 0.513 e. The fourth-order valence-corrected chi connectivity index (χ4v) is 8.38. The van der Waals surface area contributed by atoms with Crippen LogP contribution in [0.4, 0.5) is 0 Å². The molecule has 5 aromatic carbocycles. The number of benzene rings is 5. The molecule has 5 rings (SSSR count). The van der Waals surface area contributed by atoms with Gasteiger partial charge < -0.3 is 18.1 Å². The van der Waals surface area contributed by atoms with Crippen LogP contribution in [-0.2, 0) is 22.2 Å². The summed E-state index contributed by atoms with van der Waals surface area (Å²) in [6, 6.07) is 30.4. The number of nitrogens with one attached hydrogen (secondary N) is 2. The molecule has 262 valence electrons. The average molecular weight is 713 g/mol. The molecule has 0 atom stereocenters. The Kier molecular flexibility index (Phi) is 11.6. The van der Waals surface area contributed by atoms with Crippen molar-refractivity contribution < 1.29 is 27.2 Å². The minimum Gasteiger partial charge on any atom is -0.404 e. The molecule has 0 spiro atoms. The zero-order chi connectivity index (χ0) is 36.1.